The van der Waals surface area contributed by atoms with Crippen molar-refractivity contribution in [1.29, 1.82) is 0 Å². The Hall–Kier alpha value is -1.82. The molecule has 1 aliphatic heterocycles. The molecule has 0 atom stereocenters. The van der Waals surface area contributed by atoms with E-state index in [1.807, 2.05) is 0 Å². The molecule has 2 heterocycles. The lowest BCUT2D eigenvalue weighted by Crippen LogP contribution is -2.50. The highest BCUT2D eigenvalue weighted by atomic mass is 35.5. The van der Waals surface area contributed by atoms with Crippen LogP contribution in [-0.2, 0) is 0 Å². The normalized spacial score (nSPS) is 14.5. The minimum absolute atomic E-state index is 0.103. The van der Waals surface area contributed by atoms with Crippen molar-refractivity contribution in [3.8, 4) is 0 Å². The third-order valence-electron chi connectivity index (χ3n) is 3.94. The summed E-state index contributed by atoms with van der Waals surface area (Å²) < 4.78 is 0. The number of rotatable bonds is 2. The van der Waals surface area contributed by atoms with Gasteiger partial charge in [-0.2, -0.15) is 0 Å². The van der Waals surface area contributed by atoms with E-state index in [9.17, 15) is 9.59 Å². The zero-order chi connectivity index (χ0) is 18.0. The fourth-order valence-corrected chi connectivity index (χ4v) is 3.16. The number of pyridine rings is 1. The van der Waals surface area contributed by atoms with Crippen LogP contribution in [-0.4, -0.2) is 52.8 Å². The van der Waals surface area contributed by atoms with Gasteiger partial charge in [-0.3, -0.25) is 9.59 Å². The summed E-state index contributed by atoms with van der Waals surface area (Å²) in [5.74, 6) is -0.393. The lowest BCUT2D eigenvalue weighted by atomic mass is 10.1. The summed E-state index contributed by atoms with van der Waals surface area (Å²) in [6.07, 6.45) is 0. The Labute approximate surface area is 160 Å². The first-order chi connectivity index (χ1) is 12.0. The molecule has 0 N–H and O–H groups in total. The molecule has 2 amide bonds. The first-order valence-electron chi connectivity index (χ1n) is 7.62. The molecule has 1 saturated heterocycles. The number of hydrogen-bond acceptors (Lipinski definition) is 3. The molecule has 1 aliphatic rings. The number of amides is 2. The number of piperazine rings is 1. The number of nitrogens with zero attached hydrogens (tertiary/aromatic N) is 3. The van der Waals surface area contributed by atoms with Crippen LogP contribution in [0, 0.1) is 0 Å². The molecular weight excluding hydrogens is 385 g/mol. The van der Waals surface area contributed by atoms with Crippen LogP contribution < -0.4 is 0 Å². The van der Waals surface area contributed by atoms with Crippen LogP contribution in [0.15, 0.2) is 36.4 Å². The van der Waals surface area contributed by atoms with Gasteiger partial charge in [0.25, 0.3) is 11.8 Å². The van der Waals surface area contributed by atoms with E-state index in [2.05, 4.69) is 4.98 Å². The van der Waals surface area contributed by atoms with Gasteiger partial charge in [0.1, 0.15) is 10.8 Å². The van der Waals surface area contributed by atoms with Gasteiger partial charge in [-0.15, -0.1) is 0 Å². The van der Waals surface area contributed by atoms with Crippen molar-refractivity contribution in [1.82, 2.24) is 14.8 Å². The highest BCUT2D eigenvalue weighted by Crippen LogP contribution is 2.20. The molecule has 0 radical (unpaired) electrons. The summed E-state index contributed by atoms with van der Waals surface area (Å²) in [5.41, 5.74) is 0.663. The Balaban J connectivity index is 1.66. The molecule has 25 heavy (non-hydrogen) atoms. The predicted molar refractivity (Wildman–Crippen MR) is 97.5 cm³/mol. The molecule has 2 aromatic rings. The van der Waals surface area contributed by atoms with E-state index in [4.69, 9.17) is 34.8 Å². The molecule has 0 aliphatic carbocycles. The van der Waals surface area contributed by atoms with Gasteiger partial charge in [0.2, 0.25) is 0 Å². The van der Waals surface area contributed by atoms with Crippen LogP contribution in [0.5, 0.6) is 0 Å². The monoisotopic (exact) mass is 397 g/mol. The Bertz CT molecular complexity index is 821. The number of benzene rings is 1. The molecule has 0 bridgehead atoms. The molecular formula is C17H14Cl3N3O2. The van der Waals surface area contributed by atoms with Crippen molar-refractivity contribution in [3.63, 3.8) is 0 Å². The summed E-state index contributed by atoms with van der Waals surface area (Å²) in [7, 11) is 0. The number of aromatic nitrogens is 1. The van der Waals surface area contributed by atoms with Crippen LogP contribution in [0.3, 0.4) is 0 Å². The van der Waals surface area contributed by atoms with Crippen molar-refractivity contribution < 1.29 is 9.59 Å². The average Bonchev–Trinajstić information content (AvgIpc) is 2.62. The molecule has 130 valence electrons. The van der Waals surface area contributed by atoms with E-state index in [0.717, 1.165) is 0 Å². The van der Waals surface area contributed by atoms with Gasteiger partial charge in [-0.25, -0.2) is 4.98 Å². The fraction of sp³-hybridized carbons (Fsp3) is 0.235. The summed E-state index contributed by atoms with van der Waals surface area (Å²) in [5, 5.41) is 0.982. The summed E-state index contributed by atoms with van der Waals surface area (Å²) >= 11 is 17.8. The maximum atomic E-state index is 12.6. The summed E-state index contributed by atoms with van der Waals surface area (Å²) in [6.45, 7) is 1.65. The van der Waals surface area contributed by atoms with Gasteiger partial charge in [0.15, 0.2) is 0 Å². The standard InChI is InChI=1S/C17H14Cl3N3O2/c18-12-3-1-2-11(10-12)16(24)22-6-8-23(9-7-22)17(25)15-13(19)4-5-14(20)21-15/h1-5,10H,6-9H2. The van der Waals surface area contributed by atoms with Gasteiger partial charge < -0.3 is 9.80 Å². The second kappa shape index (κ2) is 7.60. The molecule has 0 spiro atoms. The maximum absolute atomic E-state index is 12.6. The number of hydrogen-bond donors (Lipinski definition) is 0. The molecule has 1 aromatic carbocycles. The zero-order valence-corrected chi connectivity index (χ0v) is 15.4. The molecule has 5 nitrogen and oxygen atoms in total. The molecule has 0 unspecified atom stereocenters. The number of carbonyl (C=O) groups is 2. The van der Waals surface area contributed by atoms with E-state index in [0.29, 0.717) is 36.8 Å². The quantitative estimate of drug-likeness (QED) is 0.726. The predicted octanol–water partition coefficient (Wildman–Crippen LogP) is 3.64. The van der Waals surface area contributed by atoms with Gasteiger partial charge >= 0.3 is 0 Å². The Morgan fingerprint density at radius 3 is 2.16 bits per heavy atom. The van der Waals surface area contributed by atoms with E-state index in [-0.39, 0.29) is 27.7 Å². The second-order valence-corrected chi connectivity index (χ2v) is 6.79. The van der Waals surface area contributed by atoms with Gasteiger partial charge in [0.05, 0.1) is 5.02 Å². The maximum Gasteiger partial charge on any atom is 0.274 e. The second-order valence-electron chi connectivity index (χ2n) is 5.56. The van der Waals surface area contributed by atoms with Crippen molar-refractivity contribution in [2.45, 2.75) is 0 Å². The largest absolute Gasteiger partial charge is 0.335 e. The number of halogens is 3. The Kier molecular flexibility index (Phi) is 5.47. The van der Waals surface area contributed by atoms with Crippen LogP contribution in [0.2, 0.25) is 15.2 Å². The topological polar surface area (TPSA) is 53.5 Å². The van der Waals surface area contributed by atoms with Gasteiger partial charge in [0, 0.05) is 36.8 Å². The highest BCUT2D eigenvalue weighted by Gasteiger charge is 2.27. The molecule has 8 heteroatoms. The average molecular weight is 399 g/mol. The van der Waals surface area contributed by atoms with Gasteiger partial charge in [-0.05, 0) is 30.3 Å². The van der Waals surface area contributed by atoms with Crippen molar-refractivity contribution in [2.24, 2.45) is 0 Å². The van der Waals surface area contributed by atoms with Crippen LogP contribution >= 0.6 is 34.8 Å². The summed E-state index contributed by atoms with van der Waals surface area (Å²) in [4.78, 5) is 32.4. The van der Waals surface area contributed by atoms with Crippen molar-refractivity contribution >= 4 is 46.6 Å². The third kappa shape index (κ3) is 4.06. The lowest BCUT2D eigenvalue weighted by Gasteiger charge is -2.34. The van der Waals surface area contributed by atoms with E-state index >= 15 is 0 Å². The lowest BCUT2D eigenvalue weighted by molar-refractivity contribution is 0.0532. The number of carbonyl (C=O) groups excluding carboxylic acids is 2. The van der Waals surface area contributed by atoms with Crippen LogP contribution in [0.4, 0.5) is 0 Å². The van der Waals surface area contributed by atoms with Crippen LogP contribution in [0.1, 0.15) is 20.8 Å². The summed E-state index contributed by atoms with van der Waals surface area (Å²) in [6, 6.07) is 9.89. The molecule has 1 aromatic heterocycles. The Morgan fingerprint density at radius 1 is 0.880 bits per heavy atom. The van der Waals surface area contributed by atoms with Gasteiger partial charge in [-0.1, -0.05) is 40.9 Å². The first-order valence-corrected chi connectivity index (χ1v) is 8.75. The first kappa shape index (κ1) is 18.0. The minimum Gasteiger partial charge on any atom is -0.335 e. The highest BCUT2D eigenvalue weighted by molar-refractivity contribution is 6.34. The third-order valence-corrected chi connectivity index (χ3v) is 4.69. The van der Waals surface area contributed by atoms with E-state index in [1.165, 1.54) is 6.07 Å². The molecule has 3 rings (SSSR count). The van der Waals surface area contributed by atoms with Crippen LogP contribution in [0.25, 0.3) is 0 Å². The minimum atomic E-state index is -0.289. The molecule has 0 saturated carbocycles. The molecule has 1 fully saturated rings. The smallest absolute Gasteiger partial charge is 0.274 e. The Morgan fingerprint density at radius 2 is 1.52 bits per heavy atom. The SMILES string of the molecule is O=C(c1cccc(Cl)c1)N1CCN(C(=O)c2nc(Cl)ccc2Cl)CC1. The zero-order valence-electron chi connectivity index (χ0n) is 13.1. The van der Waals surface area contributed by atoms with E-state index in [1.54, 1.807) is 40.1 Å². The van der Waals surface area contributed by atoms with Crippen molar-refractivity contribution in [2.75, 3.05) is 26.2 Å². The van der Waals surface area contributed by atoms with E-state index < -0.39 is 0 Å². The fourth-order valence-electron chi connectivity index (χ4n) is 2.63. The van der Waals surface area contributed by atoms with Crippen molar-refractivity contribution in [3.05, 3.63) is 62.9 Å².